The van der Waals surface area contributed by atoms with Crippen molar-refractivity contribution < 1.29 is 88.2 Å². The maximum atomic E-state index is 11.3. The third-order valence-electron chi connectivity index (χ3n) is 1.95. The molecule has 10 heteroatoms. The molecular formula is C8H5KO8S. The molecule has 0 spiro atoms. The summed E-state index contributed by atoms with van der Waals surface area (Å²) in [6.07, 6.45) is 0. The van der Waals surface area contributed by atoms with Gasteiger partial charge in [0.25, 0.3) is 0 Å². The van der Waals surface area contributed by atoms with Gasteiger partial charge in [-0.05, 0) is 12.1 Å². The Morgan fingerprint density at radius 3 is 2.56 bits per heavy atom. The van der Waals surface area contributed by atoms with Gasteiger partial charge in [-0.3, -0.25) is 0 Å². The fourth-order valence-electron chi connectivity index (χ4n) is 1.32. The Morgan fingerprint density at radius 2 is 1.94 bits per heavy atom. The Bertz CT molecular complexity index is 570. The van der Waals surface area contributed by atoms with Crippen LogP contribution in [0.4, 0.5) is 0 Å². The van der Waals surface area contributed by atoms with Gasteiger partial charge in [0, 0.05) is 0 Å². The minimum Gasteiger partial charge on any atom is -0.724 e. The first-order valence-electron chi connectivity index (χ1n) is 4.20. The van der Waals surface area contributed by atoms with Gasteiger partial charge >= 0.3 is 63.3 Å². The van der Waals surface area contributed by atoms with E-state index < -0.39 is 22.3 Å². The molecule has 18 heavy (non-hydrogen) atoms. The van der Waals surface area contributed by atoms with E-state index in [1.807, 2.05) is 0 Å². The van der Waals surface area contributed by atoms with E-state index in [4.69, 9.17) is 0 Å². The van der Waals surface area contributed by atoms with Crippen molar-refractivity contribution in [2.24, 2.45) is 0 Å². The van der Waals surface area contributed by atoms with Crippen molar-refractivity contribution in [3.05, 3.63) is 35.4 Å². The minimum atomic E-state index is -5.19. The van der Waals surface area contributed by atoms with Crippen molar-refractivity contribution in [2.45, 2.75) is 5.97 Å². The Balaban J connectivity index is 0.00000162. The fourth-order valence-corrected chi connectivity index (χ4v) is 1.50. The first-order chi connectivity index (χ1) is 7.82. The van der Waals surface area contributed by atoms with Gasteiger partial charge in [-0.2, -0.15) is 0 Å². The van der Waals surface area contributed by atoms with Crippen LogP contribution in [0.1, 0.15) is 15.9 Å². The molecule has 0 saturated carbocycles. The molecule has 92 valence electrons. The topological polar surface area (TPSA) is 122 Å². The number of benzene rings is 1. The van der Waals surface area contributed by atoms with Crippen LogP contribution in [0.5, 0.6) is 0 Å². The third-order valence-corrected chi connectivity index (χ3v) is 2.18. The van der Waals surface area contributed by atoms with E-state index in [2.05, 4.69) is 14.0 Å². The Morgan fingerprint density at radius 1 is 1.33 bits per heavy atom. The van der Waals surface area contributed by atoms with Crippen molar-refractivity contribution >= 4 is 16.4 Å². The molecule has 1 aromatic rings. The smallest absolute Gasteiger partial charge is 0.724 e. The molecule has 0 amide bonds. The van der Waals surface area contributed by atoms with E-state index in [0.717, 1.165) is 0 Å². The molecule has 0 radical (unpaired) electrons. The average Bonchev–Trinajstić information content (AvgIpc) is 2.50. The van der Waals surface area contributed by atoms with Crippen LogP contribution in [-0.4, -0.2) is 24.0 Å². The van der Waals surface area contributed by atoms with Gasteiger partial charge in [0.05, 0.1) is 11.1 Å². The Kier molecular flexibility index (Phi) is 5.05. The standard InChI is InChI=1S/C8H6O8S.K/c9-7-5-3-1-2-4-6(5)8(10,14-7)15-16-17(11,12)13;/h1-4,10H,(H,11,12,13);/q;+1/p-1. The molecule has 1 aliphatic heterocycles. The maximum Gasteiger partial charge on any atom is 1.00 e. The average molecular weight is 300 g/mol. The van der Waals surface area contributed by atoms with Gasteiger partial charge in [-0.15, -0.1) is 9.22 Å². The number of cyclic esters (lactones) is 1. The summed E-state index contributed by atoms with van der Waals surface area (Å²) in [7, 11) is -5.19. The molecule has 1 unspecified atom stereocenters. The molecular weight excluding hydrogens is 295 g/mol. The van der Waals surface area contributed by atoms with E-state index in [1.165, 1.54) is 24.3 Å². The summed E-state index contributed by atoms with van der Waals surface area (Å²) in [5.74, 6) is -3.68. The largest absolute Gasteiger partial charge is 1.00 e. The van der Waals surface area contributed by atoms with E-state index >= 15 is 0 Å². The molecule has 1 aliphatic rings. The molecule has 1 aromatic carbocycles. The zero-order valence-electron chi connectivity index (χ0n) is 9.02. The van der Waals surface area contributed by atoms with E-state index in [1.54, 1.807) is 0 Å². The van der Waals surface area contributed by atoms with Crippen molar-refractivity contribution in [3.63, 3.8) is 0 Å². The van der Waals surface area contributed by atoms with Crippen LogP contribution in [0.3, 0.4) is 0 Å². The predicted molar refractivity (Wildman–Crippen MR) is 47.6 cm³/mol. The van der Waals surface area contributed by atoms with E-state index in [-0.39, 0.29) is 62.5 Å². The van der Waals surface area contributed by atoms with Crippen LogP contribution < -0.4 is 51.4 Å². The van der Waals surface area contributed by atoms with Gasteiger partial charge in [-0.1, -0.05) is 12.1 Å². The number of carbonyl (C=O) groups excluding carboxylic acids is 1. The molecule has 1 atom stereocenters. The quantitative estimate of drug-likeness (QED) is 0.115. The van der Waals surface area contributed by atoms with Crippen molar-refractivity contribution in [2.75, 3.05) is 0 Å². The van der Waals surface area contributed by atoms with Crippen LogP contribution in [0.25, 0.3) is 0 Å². The molecule has 8 nitrogen and oxygen atoms in total. The summed E-state index contributed by atoms with van der Waals surface area (Å²) in [4.78, 5) is 15.2. The number of ether oxygens (including phenoxy) is 1. The zero-order chi connectivity index (χ0) is 12.7. The molecule has 0 fully saturated rings. The number of hydrogen-bond acceptors (Lipinski definition) is 8. The number of esters is 1. The SMILES string of the molecule is O=C1OC(O)(OOS(=O)(=O)[O-])c2ccccc21.[K+]. The van der Waals surface area contributed by atoms with Crippen molar-refractivity contribution in [1.82, 2.24) is 0 Å². The van der Waals surface area contributed by atoms with Crippen LogP contribution in [0.15, 0.2) is 24.3 Å². The maximum absolute atomic E-state index is 11.3. The van der Waals surface area contributed by atoms with Gasteiger partial charge in [0.1, 0.15) is 0 Å². The Hall–Kier alpha value is 0.116. The molecule has 0 saturated heterocycles. The van der Waals surface area contributed by atoms with Gasteiger partial charge in [0.2, 0.25) is 10.4 Å². The second-order valence-electron chi connectivity index (χ2n) is 3.08. The van der Waals surface area contributed by atoms with E-state index in [9.17, 15) is 22.9 Å². The molecule has 1 heterocycles. The Labute approximate surface area is 144 Å². The third kappa shape index (κ3) is 3.36. The summed E-state index contributed by atoms with van der Waals surface area (Å²) < 4.78 is 38.3. The normalized spacial score (nSPS) is 22.0. The monoisotopic (exact) mass is 300 g/mol. The molecule has 0 bridgehead atoms. The minimum absolute atomic E-state index is 0. The molecule has 0 aromatic heterocycles. The van der Waals surface area contributed by atoms with Crippen LogP contribution >= 0.6 is 0 Å². The van der Waals surface area contributed by atoms with E-state index in [0.29, 0.717) is 0 Å². The zero-order valence-corrected chi connectivity index (χ0v) is 13.0. The van der Waals surface area contributed by atoms with Crippen molar-refractivity contribution in [1.29, 1.82) is 0 Å². The predicted octanol–water partition coefficient (Wildman–Crippen LogP) is -3.63. The number of carbonyl (C=O) groups is 1. The number of aliphatic hydroxyl groups is 1. The van der Waals surface area contributed by atoms with Crippen LogP contribution in [0, 0.1) is 0 Å². The van der Waals surface area contributed by atoms with Gasteiger partial charge in [0.15, 0.2) is 0 Å². The fraction of sp³-hybridized carbons (Fsp3) is 0.125. The summed E-state index contributed by atoms with van der Waals surface area (Å²) in [5, 5.41) is 9.68. The van der Waals surface area contributed by atoms with Gasteiger partial charge < -0.3 is 14.4 Å². The summed E-state index contributed by atoms with van der Waals surface area (Å²) in [6.45, 7) is 0. The first kappa shape index (κ1) is 16.2. The molecule has 2 rings (SSSR count). The second-order valence-corrected chi connectivity index (χ2v) is 4.03. The molecule has 1 N–H and O–H groups in total. The van der Waals surface area contributed by atoms with Crippen molar-refractivity contribution in [3.8, 4) is 0 Å². The summed E-state index contributed by atoms with van der Waals surface area (Å²) in [5.41, 5.74) is -0.185. The first-order valence-corrected chi connectivity index (χ1v) is 5.53. The second kappa shape index (κ2) is 5.62. The van der Waals surface area contributed by atoms with Gasteiger partial charge in [-0.25, -0.2) is 13.2 Å². The number of hydrogen-bond donors (Lipinski definition) is 1. The number of rotatable bonds is 3. The van der Waals surface area contributed by atoms with Crippen LogP contribution in [0.2, 0.25) is 0 Å². The summed E-state index contributed by atoms with van der Waals surface area (Å²) >= 11 is 0. The number of fused-ring (bicyclic) bond motifs is 1. The molecule has 0 aliphatic carbocycles. The van der Waals surface area contributed by atoms with Crippen LogP contribution in [-0.2, 0) is 30.3 Å². The summed E-state index contributed by atoms with van der Waals surface area (Å²) in [6, 6.07) is 5.52.